The molecule has 3 rings (SSSR count). The molecule has 0 unspecified atom stereocenters. The van der Waals surface area contributed by atoms with Crippen LogP contribution in [-0.4, -0.2) is 31.1 Å². The molecule has 25 heavy (non-hydrogen) atoms. The molecule has 0 aliphatic heterocycles. The summed E-state index contributed by atoms with van der Waals surface area (Å²) in [7, 11) is 1.81. The van der Waals surface area contributed by atoms with Crippen molar-refractivity contribution in [2.45, 2.75) is 38.0 Å². The largest absolute Gasteiger partial charge is 0.356 e. The van der Waals surface area contributed by atoms with E-state index < -0.39 is 0 Å². The first-order chi connectivity index (χ1) is 12.1. The van der Waals surface area contributed by atoms with Crippen LogP contribution >= 0.6 is 22.9 Å². The Balaban J connectivity index is 1.48. The first-order valence-corrected chi connectivity index (χ1v) is 10.0. The lowest BCUT2D eigenvalue weighted by Crippen LogP contribution is -2.42. The third-order valence-corrected chi connectivity index (χ3v) is 5.96. The highest BCUT2D eigenvalue weighted by Crippen LogP contribution is 2.48. The number of hydrogen-bond donors (Lipinski definition) is 2. The van der Waals surface area contributed by atoms with Gasteiger partial charge in [0.1, 0.15) is 0 Å². The number of nitrogens with one attached hydrogen (secondary N) is 2. The van der Waals surface area contributed by atoms with Crippen LogP contribution in [0.25, 0.3) is 0 Å². The van der Waals surface area contributed by atoms with Crippen LogP contribution in [0.1, 0.15) is 36.0 Å². The average molecular weight is 377 g/mol. The molecule has 0 saturated heterocycles. The second-order valence-corrected chi connectivity index (χ2v) is 7.86. The molecule has 1 aliphatic carbocycles. The van der Waals surface area contributed by atoms with Crippen molar-refractivity contribution < 1.29 is 0 Å². The van der Waals surface area contributed by atoms with Crippen molar-refractivity contribution in [3.8, 4) is 0 Å². The van der Waals surface area contributed by atoms with Crippen LogP contribution in [0, 0.1) is 0 Å². The van der Waals surface area contributed by atoms with E-state index in [0.29, 0.717) is 0 Å². The number of hydrogen-bond acceptors (Lipinski definition) is 3. The number of guanidine groups is 1. The molecule has 1 heterocycles. The van der Waals surface area contributed by atoms with Gasteiger partial charge in [0.15, 0.2) is 5.96 Å². The Hall–Kier alpha value is -1.59. The molecule has 1 aromatic heterocycles. The van der Waals surface area contributed by atoms with E-state index in [4.69, 9.17) is 11.6 Å². The van der Waals surface area contributed by atoms with Crippen LogP contribution < -0.4 is 10.6 Å². The van der Waals surface area contributed by atoms with E-state index in [1.807, 2.05) is 19.2 Å². The molecular formula is C19H25ClN4S. The predicted molar refractivity (Wildman–Crippen MR) is 107 cm³/mol. The predicted octanol–water partition coefficient (Wildman–Crippen LogP) is 3.80. The highest BCUT2D eigenvalue weighted by Gasteiger charge is 2.44. The number of rotatable bonds is 7. The SMILES string of the molecule is CCc1nc(CCNC(=NC)NCC2(c3cccc(Cl)c3)CC2)cs1. The second-order valence-electron chi connectivity index (χ2n) is 6.48. The Labute approximate surface area is 158 Å². The number of aryl methyl sites for hydroxylation is 1. The first kappa shape index (κ1) is 18.2. The number of aliphatic imine (C=N–C) groups is 1. The van der Waals surface area contributed by atoms with Gasteiger partial charge in [0.25, 0.3) is 0 Å². The van der Waals surface area contributed by atoms with Crippen LogP contribution in [0.4, 0.5) is 0 Å². The summed E-state index contributed by atoms with van der Waals surface area (Å²) in [5, 5.41) is 11.0. The quantitative estimate of drug-likeness (QED) is 0.570. The molecule has 2 N–H and O–H groups in total. The Morgan fingerprint density at radius 3 is 2.84 bits per heavy atom. The van der Waals surface area contributed by atoms with E-state index in [9.17, 15) is 0 Å². The minimum Gasteiger partial charge on any atom is -0.356 e. The van der Waals surface area contributed by atoms with Crippen LogP contribution in [0.3, 0.4) is 0 Å². The van der Waals surface area contributed by atoms with Gasteiger partial charge in [0.2, 0.25) is 0 Å². The summed E-state index contributed by atoms with van der Waals surface area (Å²) < 4.78 is 0. The molecule has 1 saturated carbocycles. The Bertz CT molecular complexity index is 737. The Kier molecular flexibility index (Phi) is 5.97. The van der Waals surface area contributed by atoms with Crippen LogP contribution in [0.2, 0.25) is 5.02 Å². The summed E-state index contributed by atoms with van der Waals surface area (Å²) in [5.41, 5.74) is 2.67. The van der Waals surface area contributed by atoms with Gasteiger partial charge in [-0.05, 0) is 37.0 Å². The molecule has 4 nitrogen and oxygen atoms in total. The maximum Gasteiger partial charge on any atom is 0.191 e. The third-order valence-electron chi connectivity index (χ3n) is 4.68. The highest BCUT2D eigenvalue weighted by atomic mass is 35.5. The fourth-order valence-electron chi connectivity index (χ4n) is 2.95. The normalized spacial score (nSPS) is 15.9. The molecule has 2 aromatic rings. The molecule has 0 radical (unpaired) electrons. The van der Waals surface area contributed by atoms with Crippen molar-refractivity contribution in [1.82, 2.24) is 15.6 Å². The Morgan fingerprint density at radius 1 is 1.36 bits per heavy atom. The molecule has 0 amide bonds. The smallest absolute Gasteiger partial charge is 0.191 e. The van der Waals surface area contributed by atoms with Crippen molar-refractivity contribution >= 4 is 28.9 Å². The van der Waals surface area contributed by atoms with Crippen LogP contribution in [0.15, 0.2) is 34.6 Å². The van der Waals surface area contributed by atoms with Gasteiger partial charge in [-0.3, -0.25) is 4.99 Å². The standard InChI is InChI=1S/C19H25ClN4S/c1-3-17-24-16(12-25-17)7-10-22-18(21-2)23-13-19(8-9-19)14-5-4-6-15(20)11-14/h4-6,11-12H,3,7-10,13H2,1-2H3,(H2,21,22,23). The topological polar surface area (TPSA) is 49.3 Å². The number of thiazole rings is 1. The fourth-order valence-corrected chi connectivity index (χ4v) is 3.91. The van der Waals surface area contributed by atoms with Crippen LogP contribution in [-0.2, 0) is 18.3 Å². The lowest BCUT2D eigenvalue weighted by Gasteiger charge is -2.19. The number of benzene rings is 1. The van der Waals surface area contributed by atoms with Crippen molar-refractivity contribution in [2.24, 2.45) is 4.99 Å². The van der Waals surface area contributed by atoms with E-state index in [1.165, 1.54) is 23.4 Å². The monoisotopic (exact) mass is 376 g/mol. The zero-order valence-corrected chi connectivity index (χ0v) is 16.4. The first-order valence-electron chi connectivity index (χ1n) is 8.79. The molecule has 134 valence electrons. The van der Waals surface area contributed by atoms with E-state index in [1.54, 1.807) is 11.3 Å². The fraction of sp³-hybridized carbons (Fsp3) is 0.474. The van der Waals surface area contributed by atoms with E-state index >= 15 is 0 Å². The van der Waals surface area contributed by atoms with Crippen molar-refractivity contribution in [1.29, 1.82) is 0 Å². The maximum absolute atomic E-state index is 6.15. The van der Waals surface area contributed by atoms with Gasteiger partial charge in [-0.1, -0.05) is 30.7 Å². The summed E-state index contributed by atoms with van der Waals surface area (Å²) in [6.07, 6.45) is 4.30. The Morgan fingerprint density at radius 2 is 2.20 bits per heavy atom. The zero-order valence-electron chi connectivity index (χ0n) is 14.8. The summed E-state index contributed by atoms with van der Waals surface area (Å²) in [5.74, 6) is 0.847. The van der Waals surface area contributed by atoms with E-state index in [0.717, 1.165) is 42.6 Å². The molecular weight excluding hydrogens is 352 g/mol. The maximum atomic E-state index is 6.15. The molecule has 0 bridgehead atoms. The van der Waals surface area contributed by atoms with Crippen molar-refractivity contribution in [3.63, 3.8) is 0 Å². The van der Waals surface area contributed by atoms with Gasteiger partial charge in [0.05, 0.1) is 10.7 Å². The minimum atomic E-state index is 0.202. The lowest BCUT2D eigenvalue weighted by molar-refractivity contribution is 0.645. The zero-order chi connectivity index (χ0) is 17.7. The van der Waals surface area contributed by atoms with Crippen molar-refractivity contribution in [3.05, 3.63) is 50.9 Å². The van der Waals surface area contributed by atoms with E-state index in [2.05, 4.69) is 45.0 Å². The summed E-state index contributed by atoms with van der Waals surface area (Å²) >= 11 is 7.89. The third kappa shape index (κ3) is 4.73. The van der Waals surface area contributed by atoms with Crippen LogP contribution in [0.5, 0.6) is 0 Å². The number of halogens is 1. The summed E-state index contributed by atoms with van der Waals surface area (Å²) in [4.78, 5) is 8.93. The van der Waals surface area contributed by atoms with Gasteiger partial charge >= 0.3 is 0 Å². The molecule has 1 aliphatic rings. The molecule has 1 fully saturated rings. The highest BCUT2D eigenvalue weighted by molar-refractivity contribution is 7.09. The van der Waals surface area contributed by atoms with Gasteiger partial charge in [0, 0.05) is 42.4 Å². The average Bonchev–Trinajstić information content (AvgIpc) is 3.28. The van der Waals surface area contributed by atoms with Gasteiger partial charge < -0.3 is 10.6 Å². The number of nitrogens with zero attached hydrogens (tertiary/aromatic N) is 2. The summed E-state index contributed by atoms with van der Waals surface area (Å²) in [6, 6.07) is 8.21. The lowest BCUT2D eigenvalue weighted by atomic mass is 9.96. The van der Waals surface area contributed by atoms with Crippen molar-refractivity contribution in [2.75, 3.05) is 20.1 Å². The van der Waals surface area contributed by atoms with Gasteiger partial charge in [-0.15, -0.1) is 11.3 Å². The number of aromatic nitrogens is 1. The summed E-state index contributed by atoms with van der Waals surface area (Å²) in [6.45, 7) is 3.85. The van der Waals surface area contributed by atoms with Gasteiger partial charge in [-0.25, -0.2) is 4.98 Å². The molecule has 1 aromatic carbocycles. The molecule has 0 spiro atoms. The van der Waals surface area contributed by atoms with E-state index in [-0.39, 0.29) is 5.41 Å². The van der Waals surface area contributed by atoms with Gasteiger partial charge in [-0.2, -0.15) is 0 Å². The second kappa shape index (κ2) is 8.19. The molecule has 0 atom stereocenters. The molecule has 6 heteroatoms. The minimum absolute atomic E-state index is 0.202.